The third-order valence-corrected chi connectivity index (χ3v) is 4.22. The maximum Gasteiger partial charge on any atom is 0.308 e. The van der Waals surface area contributed by atoms with Crippen LogP contribution in [0, 0.1) is 11.8 Å². The molecule has 2 atom stereocenters. The molecule has 0 radical (unpaired) electrons. The van der Waals surface area contributed by atoms with Gasteiger partial charge in [-0.15, -0.1) is 0 Å². The van der Waals surface area contributed by atoms with Gasteiger partial charge in [-0.3, -0.25) is 4.79 Å². The molecule has 2 N–H and O–H groups in total. The second kappa shape index (κ2) is 5.83. The topological polar surface area (TPSA) is 55.6 Å². The van der Waals surface area contributed by atoms with Gasteiger partial charge < -0.3 is 15.4 Å². The zero-order chi connectivity index (χ0) is 12.3. The average molecular weight is 240 g/mol. The molecule has 17 heavy (non-hydrogen) atoms. The molecule has 0 aromatic carbocycles. The molecule has 1 heterocycles. The quantitative estimate of drug-likeness (QED) is 0.748. The molecule has 2 fully saturated rings. The monoisotopic (exact) mass is 240 g/mol. The summed E-state index contributed by atoms with van der Waals surface area (Å²) in [5.41, 5.74) is 5.93. The number of rotatable bonds is 3. The molecule has 0 amide bonds. The zero-order valence-corrected chi connectivity index (χ0v) is 10.7. The first-order valence-corrected chi connectivity index (χ1v) is 6.74. The molecular weight excluding hydrogens is 216 g/mol. The Bertz CT molecular complexity index is 262. The first kappa shape index (κ1) is 12.8. The number of carbonyl (C=O) groups excluding carboxylic acids is 1. The molecule has 1 aliphatic heterocycles. The smallest absolute Gasteiger partial charge is 0.308 e. The Labute approximate surface area is 103 Å². The van der Waals surface area contributed by atoms with Gasteiger partial charge in [-0.1, -0.05) is 0 Å². The third kappa shape index (κ3) is 3.42. The molecule has 98 valence electrons. The summed E-state index contributed by atoms with van der Waals surface area (Å²) in [5, 5.41) is 0. The molecule has 0 unspecified atom stereocenters. The van der Waals surface area contributed by atoms with Crippen LogP contribution >= 0.6 is 0 Å². The van der Waals surface area contributed by atoms with E-state index in [2.05, 4.69) is 4.90 Å². The lowest BCUT2D eigenvalue weighted by atomic mass is 9.96. The largest absolute Gasteiger partial charge is 0.469 e. The van der Waals surface area contributed by atoms with Gasteiger partial charge in [0.15, 0.2) is 0 Å². The number of ether oxygens (including phenoxy) is 1. The van der Waals surface area contributed by atoms with Gasteiger partial charge in [-0.25, -0.2) is 0 Å². The lowest BCUT2D eigenvalue weighted by Gasteiger charge is -2.32. The molecule has 1 aliphatic carbocycles. The lowest BCUT2D eigenvalue weighted by molar-refractivity contribution is -0.147. The van der Waals surface area contributed by atoms with Gasteiger partial charge in [0, 0.05) is 12.6 Å². The molecule has 0 bridgehead atoms. The summed E-state index contributed by atoms with van der Waals surface area (Å²) >= 11 is 0. The van der Waals surface area contributed by atoms with Gasteiger partial charge in [0.1, 0.15) is 0 Å². The number of piperidine rings is 1. The predicted octanol–water partition coefficient (Wildman–Crippen LogP) is 0.999. The van der Waals surface area contributed by atoms with Crippen LogP contribution in [-0.2, 0) is 9.53 Å². The number of methoxy groups -OCH3 is 1. The van der Waals surface area contributed by atoms with Crippen LogP contribution in [0.4, 0.5) is 0 Å². The van der Waals surface area contributed by atoms with Crippen molar-refractivity contribution in [2.75, 3.05) is 26.7 Å². The Morgan fingerprint density at radius 3 is 2.53 bits per heavy atom. The molecule has 0 aromatic rings. The van der Waals surface area contributed by atoms with Crippen LogP contribution in [0.5, 0.6) is 0 Å². The van der Waals surface area contributed by atoms with Crippen LogP contribution in [0.2, 0.25) is 0 Å². The number of hydrogen-bond donors (Lipinski definition) is 1. The lowest BCUT2D eigenvalue weighted by Crippen LogP contribution is -2.39. The SMILES string of the molecule is COC(=O)C1CCN(C[C@@H]2CC[C@@H](N)C2)CC1. The molecule has 0 aromatic heterocycles. The van der Waals surface area contributed by atoms with Crippen molar-refractivity contribution in [1.82, 2.24) is 4.90 Å². The summed E-state index contributed by atoms with van der Waals surface area (Å²) in [6.45, 7) is 3.23. The van der Waals surface area contributed by atoms with Crippen molar-refractivity contribution in [1.29, 1.82) is 0 Å². The summed E-state index contributed by atoms with van der Waals surface area (Å²) in [7, 11) is 1.48. The maximum absolute atomic E-state index is 11.4. The van der Waals surface area contributed by atoms with E-state index in [-0.39, 0.29) is 11.9 Å². The number of hydrogen-bond acceptors (Lipinski definition) is 4. The van der Waals surface area contributed by atoms with Gasteiger partial charge in [-0.2, -0.15) is 0 Å². The second-order valence-corrected chi connectivity index (χ2v) is 5.54. The van der Waals surface area contributed by atoms with Crippen molar-refractivity contribution >= 4 is 5.97 Å². The fraction of sp³-hybridized carbons (Fsp3) is 0.923. The van der Waals surface area contributed by atoms with Crippen molar-refractivity contribution in [3.8, 4) is 0 Å². The number of nitrogens with two attached hydrogens (primary N) is 1. The van der Waals surface area contributed by atoms with Crippen molar-refractivity contribution in [2.45, 2.75) is 38.1 Å². The normalized spacial score (nSPS) is 31.6. The van der Waals surface area contributed by atoms with Crippen LogP contribution in [0.3, 0.4) is 0 Å². The highest BCUT2D eigenvalue weighted by molar-refractivity contribution is 5.72. The minimum Gasteiger partial charge on any atom is -0.469 e. The molecule has 1 saturated heterocycles. The Hall–Kier alpha value is -0.610. The minimum absolute atomic E-state index is 0.0347. The van der Waals surface area contributed by atoms with Gasteiger partial charge in [0.05, 0.1) is 13.0 Å². The number of likely N-dealkylation sites (tertiary alicyclic amines) is 1. The first-order chi connectivity index (χ1) is 8.19. The van der Waals surface area contributed by atoms with Crippen molar-refractivity contribution in [3.63, 3.8) is 0 Å². The Kier molecular flexibility index (Phi) is 4.40. The molecule has 4 heteroatoms. The zero-order valence-electron chi connectivity index (χ0n) is 10.7. The average Bonchev–Trinajstić information content (AvgIpc) is 2.75. The maximum atomic E-state index is 11.4. The van der Waals surface area contributed by atoms with Crippen molar-refractivity contribution in [2.24, 2.45) is 17.6 Å². The summed E-state index contributed by atoms with van der Waals surface area (Å²) < 4.78 is 4.80. The molecule has 0 spiro atoms. The minimum atomic E-state index is -0.0347. The van der Waals surface area contributed by atoms with Crippen LogP contribution in [-0.4, -0.2) is 43.7 Å². The summed E-state index contributed by atoms with van der Waals surface area (Å²) in [5.74, 6) is 0.870. The number of carbonyl (C=O) groups is 1. The van der Waals surface area contributed by atoms with Crippen molar-refractivity contribution < 1.29 is 9.53 Å². The van der Waals surface area contributed by atoms with E-state index in [0.29, 0.717) is 6.04 Å². The molecular formula is C13H24N2O2. The van der Waals surface area contributed by atoms with E-state index in [9.17, 15) is 4.79 Å². The number of esters is 1. The van der Waals surface area contributed by atoms with E-state index in [1.807, 2.05) is 0 Å². The number of nitrogens with zero attached hydrogens (tertiary/aromatic N) is 1. The van der Waals surface area contributed by atoms with Gasteiger partial charge in [0.2, 0.25) is 0 Å². The molecule has 2 rings (SSSR count). The Balaban J connectivity index is 1.70. The fourth-order valence-corrected chi connectivity index (χ4v) is 3.16. The highest BCUT2D eigenvalue weighted by Crippen LogP contribution is 2.27. The Morgan fingerprint density at radius 2 is 2.00 bits per heavy atom. The molecule has 2 aliphatic rings. The van der Waals surface area contributed by atoms with Crippen LogP contribution < -0.4 is 5.73 Å². The van der Waals surface area contributed by atoms with Gasteiger partial charge in [0.25, 0.3) is 0 Å². The van der Waals surface area contributed by atoms with E-state index < -0.39 is 0 Å². The summed E-state index contributed by atoms with van der Waals surface area (Å²) in [6, 6.07) is 0.424. The van der Waals surface area contributed by atoms with E-state index in [1.54, 1.807) is 0 Å². The van der Waals surface area contributed by atoms with E-state index in [1.165, 1.54) is 32.9 Å². The molecule has 1 saturated carbocycles. The van der Waals surface area contributed by atoms with E-state index in [0.717, 1.165) is 31.8 Å². The van der Waals surface area contributed by atoms with Crippen molar-refractivity contribution in [3.05, 3.63) is 0 Å². The first-order valence-electron chi connectivity index (χ1n) is 6.74. The molecule has 4 nitrogen and oxygen atoms in total. The standard InChI is InChI=1S/C13H24N2O2/c1-17-13(16)11-4-6-15(7-5-11)9-10-2-3-12(14)8-10/h10-12H,2-9,14H2,1H3/t10-,12-/m1/s1. The fourth-order valence-electron chi connectivity index (χ4n) is 3.16. The summed E-state index contributed by atoms with van der Waals surface area (Å²) in [6.07, 6.45) is 5.54. The highest BCUT2D eigenvalue weighted by atomic mass is 16.5. The van der Waals surface area contributed by atoms with E-state index >= 15 is 0 Å². The highest BCUT2D eigenvalue weighted by Gasteiger charge is 2.28. The van der Waals surface area contributed by atoms with Crippen LogP contribution in [0.15, 0.2) is 0 Å². The van der Waals surface area contributed by atoms with Gasteiger partial charge in [-0.05, 0) is 51.1 Å². The summed E-state index contributed by atoms with van der Waals surface area (Å²) in [4.78, 5) is 13.9. The van der Waals surface area contributed by atoms with Crippen LogP contribution in [0.25, 0.3) is 0 Å². The van der Waals surface area contributed by atoms with Gasteiger partial charge >= 0.3 is 5.97 Å². The van der Waals surface area contributed by atoms with Crippen LogP contribution in [0.1, 0.15) is 32.1 Å². The second-order valence-electron chi connectivity index (χ2n) is 5.54. The van der Waals surface area contributed by atoms with E-state index in [4.69, 9.17) is 10.5 Å². The Morgan fingerprint density at radius 1 is 1.29 bits per heavy atom. The third-order valence-electron chi connectivity index (χ3n) is 4.22. The predicted molar refractivity (Wildman–Crippen MR) is 66.5 cm³/mol.